The van der Waals surface area contributed by atoms with Crippen LogP contribution in [0.1, 0.15) is 42.5 Å². The number of fused-ring (bicyclic) bond motifs is 1. The molecule has 3 unspecified atom stereocenters. The fourth-order valence-corrected chi connectivity index (χ4v) is 3.41. The zero-order valence-electron chi connectivity index (χ0n) is 12.0. The van der Waals surface area contributed by atoms with Crippen molar-refractivity contribution in [1.29, 1.82) is 5.26 Å². The summed E-state index contributed by atoms with van der Waals surface area (Å²) in [7, 11) is 0. The molecule has 1 aromatic carbocycles. The lowest BCUT2D eigenvalue weighted by molar-refractivity contribution is 0.0406. The Morgan fingerprint density at radius 2 is 2.14 bits per heavy atom. The summed E-state index contributed by atoms with van der Waals surface area (Å²) in [6.45, 7) is 0. The Kier molecular flexibility index (Phi) is 4.06. The van der Waals surface area contributed by atoms with Gasteiger partial charge in [-0.15, -0.1) is 0 Å². The molecular weight excluding hydrogens is 262 g/mol. The molecule has 1 aliphatic heterocycles. The minimum absolute atomic E-state index is 0.0919. The number of ketones is 1. The highest BCUT2D eigenvalue weighted by atomic mass is 16.5. The van der Waals surface area contributed by atoms with Gasteiger partial charge in [0.15, 0.2) is 5.78 Å². The highest BCUT2D eigenvalue weighted by molar-refractivity contribution is 6.01. The van der Waals surface area contributed by atoms with E-state index < -0.39 is 0 Å². The molecule has 1 heterocycles. The molecule has 0 saturated carbocycles. The van der Waals surface area contributed by atoms with E-state index in [1.165, 1.54) is 0 Å². The zero-order chi connectivity index (χ0) is 14.7. The van der Waals surface area contributed by atoms with Crippen LogP contribution in [0.25, 0.3) is 0 Å². The van der Waals surface area contributed by atoms with Crippen LogP contribution in [0, 0.1) is 23.2 Å². The van der Waals surface area contributed by atoms with E-state index in [-0.39, 0.29) is 17.8 Å². The number of rotatable bonds is 3. The molecule has 3 heteroatoms. The molecule has 0 N–H and O–H groups in total. The van der Waals surface area contributed by atoms with Crippen LogP contribution in [0.15, 0.2) is 36.4 Å². The van der Waals surface area contributed by atoms with Gasteiger partial charge in [0.05, 0.1) is 17.6 Å². The van der Waals surface area contributed by atoms with Crippen LogP contribution in [0.5, 0.6) is 5.75 Å². The minimum atomic E-state index is -0.184. The summed E-state index contributed by atoms with van der Waals surface area (Å²) in [4.78, 5) is 12.8. The normalized spacial score (nSPS) is 27.6. The van der Waals surface area contributed by atoms with Crippen molar-refractivity contribution in [3.8, 4) is 11.8 Å². The van der Waals surface area contributed by atoms with Crippen LogP contribution in [0.4, 0.5) is 0 Å². The van der Waals surface area contributed by atoms with Crippen LogP contribution >= 0.6 is 0 Å². The number of hydrogen-bond acceptors (Lipinski definition) is 3. The third kappa shape index (κ3) is 2.71. The van der Waals surface area contributed by atoms with E-state index >= 15 is 0 Å². The molecule has 0 spiro atoms. The number of nitrogens with zero attached hydrogens (tertiary/aromatic N) is 1. The SMILES string of the molecule is N#CCCC1C(=O)c2ccccc2OC1C1CC=CCC1. The van der Waals surface area contributed by atoms with E-state index in [1.807, 2.05) is 24.3 Å². The minimum Gasteiger partial charge on any atom is -0.489 e. The molecule has 1 aliphatic carbocycles. The highest BCUT2D eigenvalue weighted by Gasteiger charge is 2.40. The van der Waals surface area contributed by atoms with Crippen LogP contribution in [-0.2, 0) is 0 Å². The number of hydrogen-bond donors (Lipinski definition) is 0. The van der Waals surface area contributed by atoms with Crippen molar-refractivity contribution in [2.75, 3.05) is 0 Å². The predicted octanol–water partition coefficient (Wildman–Crippen LogP) is 3.91. The van der Waals surface area contributed by atoms with E-state index in [1.54, 1.807) is 0 Å². The molecule has 3 nitrogen and oxygen atoms in total. The van der Waals surface area contributed by atoms with Crippen LogP contribution in [-0.4, -0.2) is 11.9 Å². The van der Waals surface area contributed by atoms with Gasteiger partial charge in [-0.3, -0.25) is 4.79 Å². The molecule has 108 valence electrons. The summed E-state index contributed by atoms with van der Waals surface area (Å²) in [5.41, 5.74) is 0.669. The number of benzene rings is 1. The summed E-state index contributed by atoms with van der Waals surface area (Å²) in [6, 6.07) is 9.63. The van der Waals surface area contributed by atoms with Gasteiger partial charge in [-0.05, 0) is 37.8 Å². The molecular formula is C18H19NO2. The third-order valence-electron chi connectivity index (χ3n) is 4.49. The number of nitriles is 1. The van der Waals surface area contributed by atoms with Gasteiger partial charge >= 0.3 is 0 Å². The molecule has 2 aliphatic rings. The Balaban J connectivity index is 1.91. The maximum absolute atomic E-state index is 12.8. The summed E-state index contributed by atoms with van der Waals surface area (Å²) in [5, 5.41) is 8.86. The predicted molar refractivity (Wildman–Crippen MR) is 80.0 cm³/mol. The number of Topliss-reactive ketones (excluding diaryl/α,β-unsaturated/α-hetero) is 1. The second kappa shape index (κ2) is 6.13. The summed E-state index contributed by atoms with van der Waals surface area (Å²) >= 11 is 0. The van der Waals surface area contributed by atoms with E-state index in [0.717, 1.165) is 19.3 Å². The van der Waals surface area contributed by atoms with Gasteiger partial charge in [-0.25, -0.2) is 0 Å². The number of carbonyl (C=O) groups excluding carboxylic acids is 1. The first-order chi connectivity index (χ1) is 10.3. The molecule has 0 radical (unpaired) electrons. The van der Waals surface area contributed by atoms with Crippen molar-refractivity contribution < 1.29 is 9.53 Å². The molecule has 3 rings (SSSR count). The van der Waals surface area contributed by atoms with E-state index in [4.69, 9.17) is 10.00 Å². The quantitative estimate of drug-likeness (QED) is 0.789. The van der Waals surface area contributed by atoms with Gasteiger partial charge in [-0.1, -0.05) is 24.3 Å². The maximum Gasteiger partial charge on any atom is 0.173 e. The van der Waals surface area contributed by atoms with Crippen molar-refractivity contribution in [3.05, 3.63) is 42.0 Å². The topological polar surface area (TPSA) is 50.1 Å². The zero-order valence-corrected chi connectivity index (χ0v) is 12.0. The van der Waals surface area contributed by atoms with Crippen molar-refractivity contribution >= 4 is 5.78 Å². The summed E-state index contributed by atoms with van der Waals surface area (Å²) in [6.07, 6.45) is 8.35. The molecule has 0 aromatic heterocycles. The first-order valence-corrected chi connectivity index (χ1v) is 7.63. The number of carbonyl (C=O) groups is 1. The number of ether oxygens (including phenoxy) is 1. The van der Waals surface area contributed by atoms with Crippen molar-refractivity contribution in [1.82, 2.24) is 0 Å². The Labute approximate surface area is 125 Å². The standard InChI is InChI=1S/C18H19NO2/c19-12-6-10-15-17(20)14-9-4-5-11-16(14)21-18(15)13-7-2-1-3-8-13/h1-2,4-5,9,11,13,15,18H,3,6-8,10H2. The highest BCUT2D eigenvalue weighted by Crippen LogP contribution is 2.38. The Morgan fingerprint density at radius 1 is 1.29 bits per heavy atom. The van der Waals surface area contributed by atoms with E-state index in [9.17, 15) is 4.79 Å². The van der Waals surface area contributed by atoms with Crippen LogP contribution in [0.3, 0.4) is 0 Å². The first kappa shape index (κ1) is 13.9. The second-order valence-electron chi connectivity index (χ2n) is 5.79. The molecule has 0 bridgehead atoms. The van der Waals surface area contributed by atoms with Gasteiger partial charge < -0.3 is 4.74 Å². The Morgan fingerprint density at radius 3 is 2.90 bits per heavy atom. The summed E-state index contributed by atoms with van der Waals surface area (Å²) < 4.78 is 6.19. The largest absolute Gasteiger partial charge is 0.489 e. The molecule has 0 amide bonds. The molecule has 3 atom stereocenters. The Hall–Kier alpha value is -2.08. The van der Waals surface area contributed by atoms with Gasteiger partial charge in [0.1, 0.15) is 11.9 Å². The molecule has 1 aromatic rings. The average molecular weight is 281 g/mol. The van der Waals surface area contributed by atoms with Gasteiger partial charge in [0.2, 0.25) is 0 Å². The Bertz CT molecular complexity index is 599. The van der Waals surface area contributed by atoms with Gasteiger partial charge in [-0.2, -0.15) is 5.26 Å². The number of allylic oxidation sites excluding steroid dienone is 2. The molecule has 21 heavy (non-hydrogen) atoms. The van der Waals surface area contributed by atoms with Crippen LogP contribution < -0.4 is 4.74 Å². The fourth-order valence-electron chi connectivity index (χ4n) is 3.41. The monoisotopic (exact) mass is 281 g/mol. The van der Waals surface area contributed by atoms with Gasteiger partial charge in [0.25, 0.3) is 0 Å². The van der Waals surface area contributed by atoms with Crippen molar-refractivity contribution in [2.24, 2.45) is 11.8 Å². The lowest BCUT2D eigenvalue weighted by Gasteiger charge is -2.37. The lowest BCUT2D eigenvalue weighted by atomic mass is 9.76. The fraction of sp³-hybridized carbons (Fsp3) is 0.444. The molecule has 0 saturated heterocycles. The van der Waals surface area contributed by atoms with Crippen molar-refractivity contribution in [2.45, 2.75) is 38.2 Å². The maximum atomic E-state index is 12.8. The van der Waals surface area contributed by atoms with Gasteiger partial charge in [0, 0.05) is 12.3 Å². The van der Waals surface area contributed by atoms with E-state index in [0.29, 0.717) is 30.1 Å². The molecule has 0 fully saturated rings. The first-order valence-electron chi connectivity index (χ1n) is 7.63. The lowest BCUT2D eigenvalue weighted by Crippen LogP contribution is -2.43. The van der Waals surface area contributed by atoms with Crippen molar-refractivity contribution in [3.63, 3.8) is 0 Å². The third-order valence-corrected chi connectivity index (χ3v) is 4.49. The summed E-state index contributed by atoms with van der Waals surface area (Å²) in [5.74, 6) is 1.04. The second-order valence-corrected chi connectivity index (χ2v) is 5.79. The van der Waals surface area contributed by atoms with Crippen LogP contribution in [0.2, 0.25) is 0 Å². The average Bonchev–Trinajstić information content (AvgIpc) is 2.55. The smallest absolute Gasteiger partial charge is 0.173 e. The number of para-hydroxylation sites is 1. The van der Waals surface area contributed by atoms with E-state index in [2.05, 4.69) is 18.2 Å².